The van der Waals surface area contributed by atoms with Crippen molar-refractivity contribution in [1.82, 2.24) is 0 Å². The van der Waals surface area contributed by atoms with E-state index in [0.29, 0.717) is 5.56 Å². The number of nitrogens with two attached hydrogens (primary N) is 1. The molecule has 4 nitrogen and oxygen atoms in total. The highest BCUT2D eigenvalue weighted by Crippen LogP contribution is 2.21. The molecule has 0 aromatic heterocycles. The number of esters is 1. The summed E-state index contributed by atoms with van der Waals surface area (Å²) in [6, 6.07) is 7.70. The van der Waals surface area contributed by atoms with Crippen LogP contribution < -0.4 is 10.6 Å². The number of rotatable bonds is 2. The molecule has 86 valence electrons. The van der Waals surface area contributed by atoms with Gasteiger partial charge in [-0.3, -0.25) is 0 Å². The van der Waals surface area contributed by atoms with Gasteiger partial charge in [0.05, 0.1) is 12.7 Å². The standard InChI is InChI=1S/C12H16N2O2/c1-16-12(15)9-3-2-4-11(7-9)14-6-5-10(13)8-14/h2-4,7,10H,5-6,8,13H2,1H3. The summed E-state index contributed by atoms with van der Waals surface area (Å²) in [7, 11) is 1.39. The van der Waals surface area contributed by atoms with Crippen molar-refractivity contribution in [3.63, 3.8) is 0 Å². The zero-order chi connectivity index (χ0) is 11.5. The van der Waals surface area contributed by atoms with Crippen molar-refractivity contribution in [2.24, 2.45) is 5.73 Å². The SMILES string of the molecule is COC(=O)c1cccc(N2CCC(N)C2)c1. The maximum Gasteiger partial charge on any atom is 0.337 e. The first-order chi connectivity index (χ1) is 7.70. The fourth-order valence-electron chi connectivity index (χ4n) is 1.97. The highest BCUT2D eigenvalue weighted by atomic mass is 16.5. The molecule has 0 bridgehead atoms. The van der Waals surface area contributed by atoms with Crippen LogP contribution in [0.25, 0.3) is 0 Å². The second kappa shape index (κ2) is 4.53. The Labute approximate surface area is 95.0 Å². The van der Waals surface area contributed by atoms with Gasteiger partial charge in [-0.15, -0.1) is 0 Å². The molecule has 16 heavy (non-hydrogen) atoms. The van der Waals surface area contributed by atoms with E-state index < -0.39 is 0 Å². The van der Waals surface area contributed by atoms with E-state index in [4.69, 9.17) is 10.5 Å². The minimum absolute atomic E-state index is 0.238. The summed E-state index contributed by atoms with van der Waals surface area (Å²) in [5, 5.41) is 0. The number of methoxy groups -OCH3 is 1. The van der Waals surface area contributed by atoms with E-state index in [1.165, 1.54) is 7.11 Å². The Morgan fingerprint density at radius 2 is 2.38 bits per heavy atom. The van der Waals surface area contributed by atoms with E-state index in [9.17, 15) is 4.79 Å². The molecule has 2 rings (SSSR count). The number of hydrogen-bond donors (Lipinski definition) is 1. The van der Waals surface area contributed by atoms with Gasteiger partial charge in [0.2, 0.25) is 0 Å². The fourth-order valence-corrected chi connectivity index (χ4v) is 1.97. The van der Waals surface area contributed by atoms with Crippen LogP contribution in [0.2, 0.25) is 0 Å². The Morgan fingerprint density at radius 1 is 1.56 bits per heavy atom. The molecule has 1 aromatic carbocycles. The van der Waals surface area contributed by atoms with E-state index in [1.807, 2.05) is 18.2 Å². The molecule has 1 aliphatic heterocycles. The molecule has 1 aliphatic rings. The highest BCUT2D eigenvalue weighted by molar-refractivity contribution is 5.90. The Morgan fingerprint density at radius 3 is 3.00 bits per heavy atom. The van der Waals surface area contributed by atoms with Gasteiger partial charge in [-0.25, -0.2) is 4.79 Å². The lowest BCUT2D eigenvalue weighted by Crippen LogP contribution is -2.26. The largest absolute Gasteiger partial charge is 0.465 e. The van der Waals surface area contributed by atoms with Gasteiger partial charge < -0.3 is 15.4 Å². The normalized spacial score (nSPS) is 19.9. The Kier molecular flexibility index (Phi) is 3.10. The average molecular weight is 220 g/mol. The van der Waals surface area contributed by atoms with Gasteiger partial charge in [-0.05, 0) is 24.6 Å². The van der Waals surface area contributed by atoms with Crippen molar-refractivity contribution in [2.75, 3.05) is 25.1 Å². The smallest absolute Gasteiger partial charge is 0.337 e. The Hall–Kier alpha value is -1.55. The zero-order valence-corrected chi connectivity index (χ0v) is 9.35. The van der Waals surface area contributed by atoms with Crippen LogP contribution in [-0.4, -0.2) is 32.2 Å². The van der Waals surface area contributed by atoms with Crippen LogP contribution in [0.15, 0.2) is 24.3 Å². The highest BCUT2D eigenvalue weighted by Gasteiger charge is 2.19. The number of hydrogen-bond acceptors (Lipinski definition) is 4. The van der Waals surface area contributed by atoms with E-state index in [-0.39, 0.29) is 12.0 Å². The molecular weight excluding hydrogens is 204 g/mol. The van der Waals surface area contributed by atoms with Crippen LogP contribution >= 0.6 is 0 Å². The number of anilines is 1. The van der Waals surface area contributed by atoms with Gasteiger partial charge in [0.25, 0.3) is 0 Å². The summed E-state index contributed by atoms with van der Waals surface area (Å²) in [5.41, 5.74) is 7.47. The van der Waals surface area contributed by atoms with Gasteiger partial charge in [0.15, 0.2) is 0 Å². The summed E-state index contributed by atoms with van der Waals surface area (Å²) in [6.45, 7) is 1.80. The Balaban J connectivity index is 2.19. The van der Waals surface area contributed by atoms with Crippen molar-refractivity contribution >= 4 is 11.7 Å². The van der Waals surface area contributed by atoms with Crippen LogP contribution in [0.5, 0.6) is 0 Å². The van der Waals surface area contributed by atoms with Gasteiger partial charge >= 0.3 is 5.97 Å². The van der Waals surface area contributed by atoms with Crippen molar-refractivity contribution in [3.05, 3.63) is 29.8 Å². The van der Waals surface area contributed by atoms with Crippen molar-refractivity contribution < 1.29 is 9.53 Å². The van der Waals surface area contributed by atoms with E-state index in [0.717, 1.165) is 25.2 Å². The molecule has 1 saturated heterocycles. The summed E-state index contributed by atoms with van der Waals surface area (Å²) >= 11 is 0. The van der Waals surface area contributed by atoms with Crippen LogP contribution in [0.1, 0.15) is 16.8 Å². The third-order valence-corrected chi connectivity index (χ3v) is 2.86. The summed E-state index contributed by atoms with van der Waals surface area (Å²) < 4.78 is 4.69. The zero-order valence-electron chi connectivity index (χ0n) is 9.35. The first-order valence-corrected chi connectivity index (χ1v) is 5.39. The third kappa shape index (κ3) is 2.17. The molecule has 1 heterocycles. The maximum atomic E-state index is 11.4. The number of nitrogens with zero attached hydrogens (tertiary/aromatic N) is 1. The van der Waals surface area contributed by atoms with Gasteiger partial charge in [0.1, 0.15) is 0 Å². The molecule has 0 radical (unpaired) electrons. The van der Waals surface area contributed by atoms with Crippen molar-refractivity contribution in [2.45, 2.75) is 12.5 Å². The molecule has 2 N–H and O–H groups in total. The fraction of sp³-hybridized carbons (Fsp3) is 0.417. The number of carbonyl (C=O) groups is 1. The third-order valence-electron chi connectivity index (χ3n) is 2.86. The minimum atomic E-state index is -0.301. The average Bonchev–Trinajstić information content (AvgIpc) is 2.75. The first-order valence-electron chi connectivity index (χ1n) is 5.39. The van der Waals surface area contributed by atoms with E-state index >= 15 is 0 Å². The van der Waals surface area contributed by atoms with E-state index in [1.54, 1.807) is 6.07 Å². The molecule has 1 unspecified atom stereocenters. The predicted octanol–water partition coefficient (Wildman–Crippen LogP) is 1.01. The minimum Gasteiger partial charge on any atom is -0.465 e. The van der Waals surface area contributed by atoms with Crippen molar-refractivity contribution in [3.8, 4) is 0 Å². The predicted molar refractivity (Wildman–Crippen MR) is 62.6 cm³/mol. The van der Waals surface area contributed by atoms with Gasteiger partial charge in [-0.1, -0.05) is 6.07 Å². The number of carbonyl (C=O) groups excluding carboxylic acids is 1. The number of benzene rings is 1. The quantitative estimate of drug-likeness (QED) is 0.756. The van der Waals surface area contributed by atoms with Crippen LogP contribution in [0, 0.1) is 0 Å². The summed E-state index contributed by atoms with van der Waals surface area (Å²) in [5.74, 6) is -0.301. The molecular formula is C12H16N2O2. The Bertz CT molecular complexity index is 392. The second-order valence-electron chi connectivity index (χ2n) is 4.04. The van der Waals surface area contributed by atoms with E-state index in [2.05, 4.69) is 4.90 Å². The lowest BCUT2D eigenvalue weighted by molar-refractivity contribution is 0.0601. The lowest BCUT2D eigenvalue weighted by Gasteiger charge is -2.18. The summed E-state index contributed by atoms with van der Waals surface area (Å²) in [4.78, 5) is 13.6. The number of ether oxygens (including phenoxy) is 1. The molecule has 1 aromatic rings. The topological polar surface area (TPSA) is 55.6 Å². The molecule has 0 saturated carbocycles. The lowest BCUT2D eigenvalue weighted by atomic mass is 10.2. The molecule has 0 spiro atoms. The first kappa shape index (κ1) is 11.0. The monoisotopic (exact) mass is 220 g/mol. The van der Waals surface area contributed by atoms with Gasteiger partial charge in [-0.2, -0.15) is 0 Å². The molecule has 0 aliphatic carbocycles. The molecule has 0 amide bonds. The van der Waals surface area contributed by atoms with Crippen LogP contribution in [0.3, 0.4) is 0 Å². The van der Waals surface area contributed by atoms with Crippen molar-refractivity contribution in [1.29, 1.82) is 0 Å². The van der Waals surface area contributed by atoms with Gasteiger partial charge in [0, 0.05) is 24.8 Å². The molecule has 4 heteroatoms. The summed E-state index contributed by atoms with van der Waals surface area (Å²) in [6.07, 6.45) is 1.00. The van der Waals surface area contributed by atoms with Crippen LogP contribution in [0.4, 0.5) is 5.69 Å². The second-order valence-corrected chi connectivity index (χ2v) is 4.04. The molecule has 1 atom stereocenters. The van der Waals surface area contributed by atoms with Crippen LogP contribution in [-0.2, 0) is 4.74 Å². The molecule has 1 fully saturated rings. The maximum absolute atomic E-state index is 11.4.